The van der Waals surface area contributed by atoms with E-state index in [1.807, 2.05) is 6.07 Å². The average molecular weight is 207 g/mol. The minimum atomic E-state index is 0.194. The van der Waals surface area contributed by atoms with Crippen molar-refractivity contribution in [2.75, 3.05) is 0 Å². The number of halogens is 1. The first kappa shape index (κ1) is 10.4. The SMILES string of the molecule is N#Cc1cc(C=CCC=O)cnc1Cl. The summed E-state index contributed by atoms with van der Waals surface area (Å²) < 4.78 is 0. The molecule has 0 bridgehead atoms. The van der Waals surface area contributed by atoms with Crippen LogP contribution in [0.15, 0.2) is 18.3 Å². The Morgan fingerprint density at radius 3 is 3.07 bits per heavy atom. The van der Waals surface area contributed by atoms with E-state index in [-0.39, 0.29) is 5.15 Å². The molecule has 0 unspecified atom stereocenters. The summed E-state index contributed by atoms with van der Waals surface area (Å²) in [5, 5.41) is 8.85. The Labute approximate surface area is 86.6 Å². The summed E-state index contributed by atoms with van der Waals surface area (Å²) in [4.78, 5) is 13.9. The first-order chi connectivity index (χ1) is 6.77. The normalized spacial score (nSPS) is 10.0. The summed E-state index contributed by atoms with van der Waals surface area (Å²) in [5.74, 6) is 0. The molecule has 70 valence electrons. The molecule has 3 nitrogen and oxygen atoms in total. The van der Waals surface area contributed by atoms with E-state index in [0.29, 0.717) is 12.0 Å². The molecule has 0 saturated heterocycles. The second-order valence-corrected chi connectivity index (χ2v) is 2.88. The number of hydrogen-bond donors (Lipinski definition) is 0. The maximum atomic E-state index is 10.0. The van der Waals surface area contributed by atoms with Gasteiger partial charge in [-0.05, 0) is 11.6 Å². The van der Waals surface area contributed by atoms with Gasteiger partial charge in [-0.3, -0.25) is 0 Å². The van der Waals surface area contributed by atoms with Crippen molar-refractivity contribution in [2.45, 2.75) is 6.42 Å². The van der Waals surface area contributed by atoms with Crippen LogP contribution >= 0.6 is 11.6 Å². The summed E-state index contributed by atoms with van der Waals surface area (Å²) in [6.07, 6.45) is 6.11. The van der Waals surface area contributed by atoms with Crippen LogP contribution in [0.5, 0.6) is 0 Å². The van der Waals surface area contributed by atoms with Gasteiger partial charge in [0, 0.05) is 12.6 Å². The molecule has 1 aromatic rings. The van der Waals surface area contributed by atoms with E-state index in [1.54, 1.807) is 24.4 Å². The second-order valence-electron chi connectivity index (χ2n) is 2.52. The molecule has 0 amide bonds. The Kier molecular flexibility index (Phi) is 3.84. The van der Waals surface area contributed by atoms with E-state index in [0.717, 1.165) is 11.8 Å². The Hall–Kier alpha value is -1.66. The zero-order valence-electron chi connectivity index (χ0n) is 7.27. The minimum Gasteiger partial charge on any atom is -0.303 e. The van der Waals surface area contributed by atoms with E-state index >= 15 is 0 Å². The third kappa shape index (κ3) is 2.68. The van der Waals surface area contributed by atoms with Gasteiger partial charge in [0.1, 0.15) is 17.5 Å². The highest BCUT2D eigenvalue weighted by atomic mass is 35.5. The van der Waals surface area contributed by atoms with Crippen LogP contribution in [-0.4, -0.2) is 11.3 Å². The van der Waals surface area contributed by atoms with Crippen molar-refractivity contribution in [3.63, 3.8) is 0 Å². The number of hydrogen-bond acceptors (Lipinski definition) is 3. The van der Waals surface area contributed by atoms with Gasteiger partial charge in [-0.2, -0.15) is 5.26 Å². The smallest absolute Gasteiger partial charge is 0.146 e. The lowest BCUT2D eigenvalue weighted by molar-refractivity contribution is -0.107. The van der Waals surface area contributed by atoms with Crippen molar-refractivity contribution in [1.29, 1.82) is 5.26 Å². The molecule has 0 spiro atoms. The van der Waals surface area contributed by atoms with Crippen LogP contribution in [0.3, 0.4) is 0 Å². The monoisotopic (exact) mass is 206 g/mol. The molecule has 14 heavy (non-hydrogen) atoms. The van der Waals surface area contributed by atoms with E-state index in [9.17, 15) is 4.79 Å². The second kappa shape index (κ2) is 5.15. The first-order valence-corrected chi connectivity index (χ1v) is 4.31. The van der Waals surface area contributed by atoms with Crippen LogP contribution in [0.1, 0.15) is 17.5 Å². The van der Waals surface area contributed by atoms with Gasteiger partial charge in [0.15, 0.2) is 0 Å². The number of pyridine rings is 1. The largest absolute Gasteiger partial charge is 0.303 e. The third-order valence-electron chi connectivity index (χ3n) is 1.52. The molecule has 0 aliphatic carbocycles. The van der Waals surface area contributed by atoms with E-state index in [2.05, 4.69) is 4.98 Å². The van der Waals surface area contributed by atoms with Gasteiger partial charge in [0.25, 0.3) is 0 Å². The molecule has 1 heterocycles. The van der Waals surface area contributed by atoms with Crippen LogP contribution in [0.2, 0.25) is 5.15 Å². The molecule has 0 aromatic carbocycles. The quantitative estimate of drug-likeness (QED) is 0.563. The highest BCUT2D eigenvalue weighted by Crippen LogP contribution is 2.13. The fourth-order valence-corrected chi connectivity index (χ4v) is 1.04. The van der Waals surface area contributed by atoms with Gasteiger partial charge >= 0.3 is 0 Å². The fourth-order valence-electron chi connectivity index (χ4n) is 0.893. The van der Waals surface area contributed by atoms with E-state index in [4.69, 9.17) is 16.9 Å². The number of nitriles is 1. The molecule has 0 aliphatic heterocycles. The summed E-state index contributed by atoms with van der Waals surface area (Å²) in [5.41, 5.74) is 1.09. The molecule has 0 N–H and O–H groups in total. The minimum absolute atomic E-state index is 0.194. The van der Waals surface area contributed by atoms with Gasteiger partial charge in [0.05, 0.1) is 5.56 Å². The highest BCUT2D eigenvalue weighted by Gasteiger charge is 1.99. The third-order valence-corrected chi connectivity index (χ3v) is 1.82. The Balaban J connectivity index is 2.91. The molecule has 0 radical (unpaired) electrons. The van der Waals surface area contributed by atoms with Gasteiger partial charge < -0.3 is 4.79 Å². The lowest BCUT2D eigenvalue weighted by Crippen LogP contribution is -1.84. The maximum Gasteiger partial charge on any atom is 0.146 e. The standard InChI is InChI=1S/C10H7ClN2O/c11-10-9(6-12)5-8(7-13-10)3-1-2-4-14/h1,3-5,7H,2H2. The fraction of sp³-hybridized carbons (Fsp3) is 0.100. The predicted molar refractivity (Wildman–Crippen MR) is 53.7 cm³/mol. The number of rotatable bonds is 3. The lowest BCUT2D eigenvalue weighted by Gasteiger charge is -1.95. The van der Waals surface area contributed by atoms with Crippen LogP contribution in [0.4, 0.5) is 0 Å². The van der Waals surface area contributed by atoms with Gasteiger partial charge in [-0.1, -0.05) is 23.8 Å². The average Bonchev–Trinajstić information content (AvgIpc) is 2.21. The van der Waals surface area contributed by atoms with E-state index < -0.39 is 0 Å². The highest BCUT2D eigenvalue weighted by molar-refractivity contribution is 6.30. The molecule has 4 heteroatoms. The molecule has 0 aliphatic rings. The number of nitrogens with zero attached hydrogens (tertiary/aromatic N) is 2. The summed E-state index contributed by atoms with van der Waals surface area (Å²) in [7, 11) is 0. The van der Waals surface area contributed by atoms with Crippen LogP contribution < -0.4 is 0 Å². The number of aromatic nitrogens is 1. The molecular weight excluding hydrogens is 200 g/mol. The van der Waals surface area contributed by atoms with Crippen LogP contribution in [-0.2, 0) is 4.79 Å². The Bertz CT molecular complexity index is 407. The van der Waals surface area contributed by atoms with Crippen molar-refractivity contribution < 1.29 is 4.79 Å². The molecule has 0 saturated carbocycles. The first-order valence-electron chi connectivity index (χ1n) is 3.93. The maximum absolute atomic E-state index is 10.0. The number of aldehydes is 1. The van der Waals surface area contributed by atoms with Crippen molar-refractivity contribution >= 4 is 24.0 Å². The van der Waals surface area contributed by atoms with Gasteiger partial charge in [-0.25, -0.2) is 4.98 Å². The molecule has 1 aromatic heterocycles. The number of carbonyl (C=O) groups is 1. The molecular formula is C10H7ClN2O. The van der Waals surface area contributed by atoms with Crippen LogP contribution in [0, 0.1) is 11.3 Å². The number of allylic oxidation sites excluding steroid dienone is 1. The number of carbonyl (C=O) groups excluding carboxylic acids is 1. The van der Waals surface area contributed by atoms with E-state index in [1.165, 1.54) is 0 Å². The van der Waals surface area contributed by atoms with Gasteiger partial charge in [-0.15, -0.1) is 0 Å². The zero-order valence-corrected chi connectivity index (χ0v) is 8.03. The molecule has 0 atom stereocenters. The molecule has 1 rings (SSSR count). The van der Waals surface area contributed by atoms with Gasteiger partial charge in [0.2, 0.25) is 0 Å². The summed E-state index contributed by atoms with van der Waals surface area (Å²) >= 11 is 5.64. The topological polar surface area (TPSA) is 53.8 Å². The van der Waals surface area contributed by atoms with Crippen molar-refractivity contribution in [3.05, 3.63) is 34.6 Å². The van der Waals surface area contributed by atoms with Crippen LogP contribution in [0.25, 0.3) is 6.08 Å². The lowest BCUT2D eigenvalue weighted by atomic mass is 10.2. The van der Waals surface area contributed by atoms with Crippen molar-refractivity contribution in [3.8, 4) is 6.07 Å². The Morgan fingerprint density at radius 2 is 2.43 bits per heavy atom. The zero-order chi connectivity index (χ0) is 10.4. The Morgan fingerprint density at radius 1 is 1.64 bits per heavy atom. The van der Waals surface area contributed by atoms with Crippen molar-refractivity contribution in [2.24, 2.45) is 0 Å². The predicted octanol–water partition coefficient (Wildman–Crippen LogP) is 2.21. The molecule has 0 fully saturated rings. The summed E-state index contributed by atoms with van der Waals surface area (Å²) in [6.45, 7) is 0. The summed E-state index contributed by atoms with van der Waals surface area (Å²) in [6, 6.07) is 3.55. The van der Waals surface area contributed by atoms with Crippen molar-refractivity contribution in [1.82, 2.24) is 4.98 Å².